The van der Waals surface area contributed by atoms with E-state index in [1.54, 1.807) is 0 Å². The van der Waals surface area contributed by atoms with Crippen LogP contribution >= 0.6 is 0 Å². The molecule has 1 saturated heterocycles. The minimum Gasteiger partial charge on any atom is -0.313 e. The van der Waals surface area contributed by atoms with Crippen molar-refractivity contribution in [3.05, 3.63) is 0 Å². The minimum atomic E-state index is 0.740. The van der Waals surface area contributed by atoms with Crippen LogP contribution in [0, 0.1) is 5.92 Å². The largest absolute Gasteiger partial charge is 0.313 e. The summed E-state index contributed by atoms with van der Waals surface area (Å²) in [5.74, 6) is 1.04. The smallest absolute Gasteiger partial charge is 0.0195 e. The van der Waals surface area contributed by atoms with Crippen molar-refractivity contribution in [2.45, 2.75) is 64.5 Å². The average molecular weight is 224 g/mol. The fourth-order valence-electron chi connectivity index (χ4n) is 3.49. The Morgan fingerprint density at radius 3 is 2.69 bits per heavy atom. The van der Waals surface area contributed by atoms with E-state index >= 15 is 0 Å². The maximum Gasteiger partial charge on any atom is 0.0195 e. The number of hydrogen-bond donors (Lipinski definition) is 1. The van der Waals surface area contributed by atoms with Gasteiger partial charge in [-0.25, -0.2) is 0 Å². The summed E-state index contributed by atoms with van der Waals surface area (Å²) in [6, 6.07) is 1.68. The van der Waals surface area contributed by atoms with Gasteiger partial charge in [-0.05, 0) is 44.6 Å². The summed E-state index contributed by atoms with van der Waals surface area (Å²) in [4.78, 5) is 2.76. The van der Waals surface area contributed by atoms with Crippen LogP contribution in [0.4, 0.5) is 0 Å². The van der Waals surface area contributed by atoms with Gasteiger partial charge in [0.15, 0.2) is 0 Å². The second-order valence-corrected chi connectivity index (χ2v) is 5.73. The first kappa shape index (κ1) is 12.4. The maximum atomic E-state index is 3.72. The predicted octanol–water partition coefficient (Wildman–Crippen LogP) is 2.64. The molecule has 1 aliphatic heterocycles. The van der Waals surface area contributed by atoms with Crippen LogP contribution in [0.5, 0.6) is 0 Å². The highest BCUT2D eigenvalue weighted by atomic mass is 15.2. The van der Waals surface area contributed by atoms with E-state index in [1.807, 2.05) is 0 Å². The summed E-state index contributed by atoms with van der Waals surface area (Å²) >= 11 is 0. The third-order valence-corrected chi connectivity index (χ3v) is 4.30. The number of rotatable bonds is 7. The number of piperidine rings is 1. The highest BCUT2D eigenvalue weighted by Gasteiger charge is 2.38. The molecular weight excluding hydrogens is 196 g/mol. The van der Waals surface area contributed by atoms with Crippen LogP contribution in [-0.4, -0.2) is 36.6 Å². The zero-order valence-corrected chi connectivity index (χ0v) is 11.0. The number of likely N-dealkylation sites (tertiary alicyclic amines) is 1. The van der Waals surface area contributed by atoms with Crippen LogP contribution in [-0.2, 0) is 0 Å². The number of fused-ring (bicyclic) bond motifs is 2. The summed E-state index contributed by atoms with van der Waals surface area (Å²) in [5, 5.41) is 3.72. The molecule has 2 heteroatoms. The minimum absolute atomic E-state index is 0.740. The molecule has 3 atom stereocenters. The summed E-state index contributed by atoms with van der Waals surface area (Å²) < 4.78 is 0. The Balaban J connectivity index is 1.76. The summed E-state index contributed by atoms with van der Waals surface area (Å²) in [5.41, 5.74) is 0. The summed E-state index contributed by atoms with van der Waals surface area (Å²) in [6.07, 6.45) is 8.37. The third-order valence-electron chi connectivity index (χ3n) is 4.30. The van der Waals surface area contributed by atoms with E-state index in [4.69, 9.17) is 0 Å². The summed E-state index contributed by atoms with van der Waals surface area (Å²) in [7, 11) is 0. The molecule has 3 unspecified atom stereocenters. The van der Waals surface area contributed by atoms with Gasteiger partial charge < -0.3 is 5.32 Å². The van der Waals surface area contributed by atoms with Crippen molar-refractivity contribution >= 4 is 0 Å². The molecule has 0 aromatic heterocycles. The van der Waals surface area contributed by atoms with Crippen molar-refractivity contribution < 1.29 is 0 Å². The Bertz CT molecular complexity index is 205. The van der Waals surface area contributed by atoms with Crippen LogP contribution in [0.25, 0.3) is 0 Å². The lowest BCUT2D eigenvalue weighted by Crippen LogP contribution is -2.44. The molecule has 1 saturated carbocycles. The lowest BCUT2D eigenvalue weighted by atomic mass is 10.1. The molecule has 2 rings (SSSR count). The van der Waals surface area contributed by atoms with Gasteiger partial charge in [-0.1, -0.05) is 20.3 Å². The Morgan fingerprint density at radius 2 is 2.12 bits per heavy atom. The van der Waals surface area contributed by atoms with Crippen molar-refractivity contribution in [2.75, 3.05) is 19.6 Å². The first-order valence-corrected chi connectivity index (χ1v) is 7.30. The molecular formula is C14H28N2. The van der Waals surface area contributed by atoms with Crippen LogP contribution in [0.1, 0.15) is 52.4 Å². The monoisotopic (exact) mass is 224 g/mol. The molecule has 2 aliphatic rings. The Morgan fingerprint density at radius 1 is 1.25 bits per heavy atom. The number of nitrogens with one attached hydrogen (secondary N) is 1. The second kappa shape index (κ2) is 6.02. The highest BCUT2D eigenvalue weighted by Crippen LogP contribution is 2.37. The first-order valence-electron chi connectivity index (χ1n) is 7.30. The Hall–Kier alpha value is -0.0800. The fraction of sp³-hybridized carbons (Fsp3) is 1.00. The average Bonchev–Trinajstić information content (AvgIpc) is 2.88. The Kier molecular flexibility index (Phi) is 4.66. The normalized spacial score (nSPS) is 31.1. The van der Waals surface area contributed by atoms with Crippen molar-refractivity contribution in [1.29, 1.82) is 0 Å². The number of nitrogens with zero attached hydrogens (tertiary/aromatic N) is 1. The van der Waals surface area contributed by atoms with E-state index in [9.17, 15) is 0 Å². The van der Waals surface area contributed by atoms with Gasteiger partial charge in [-0.3, -0.25) is 4.90 Å². The van der Waals surface area contributed by atoms with Gasteiger partial charge >= 0.3 is 0 Å². The van der Waals surface area contributed by atoms with Crippen LogP contribution in [0.15, 0.2) is 0 Å². The first-order chi connectivity index (χ1) is 7.83. The van der Waals surface area contributed by atoms with Gasteiger partial charge in [0.1, 0.15) is 0 Å². The molecule has 2 fully saturated rings. The van der Waals surface area contributed by atoms with E-state index < -0.39 is 0 Å². The van der Waals surface area contributed by atoms with Gasteiger partial charge in [-0.2, -0.15) is 0 Å². The van der Waals surface area contributed by atoms with Crippen molar-refractivity contribution in [3.63, 3.8) is 0 Å². The van der Waals surface area contributed by atoms with E-state index in [2.05, 4.69) is 24.1 Å². The van der Waals surface area contributed by atoms with Gasteiger partial charge in [-0.15, -0.1) is 0 Å². The van der Waals surface area contributed by atoms with Crippen molar-refractivity contribution in [3.8, 4) is 0 Å². The molecule has 2 bridgehead atoms. The molecule has 16 heavy (non-hydrogen) atoms. The topological polar surface area (TPSA) is 15.3 Å². The zero-order chi connectivity index (χ0) is 11.4. The zero-order valence-electron chi connectivity index (χ0n) is 11.0. The van der Waals surface area contributed by atoms with Crippen LogP contribution in [0.2, 0.25) is 0 Å². The molecule has 0 amide bonds. The molecule has 94 valence electrons. The lowest BCUT2D eigenvalue weighted by Gasteiger charge is -2.31. The molecule has 0 aromatic carbocycles. The summed E-state index contributed by atoms with van der Waals surface area (Å²) in [6.45, 7) is 8.44. The third kappa shape index (κ3) is 2.98. The van der Waals surface area contributed by atoms with Gasteiger partial charge in [0.05, 0.1) is 0 Å². The fourth-order valence-corrected chi connectivity index (χ4v) is 3.49. The standard InChI is InChI=1S/C14H28N2/c1-3-5-13(15-8-4-2)11-16-10-12-6-7-14(16)9-12/h12-15H,3-11H2,1-2H3. The Labute approximate surface area is 101 Å². The van der Waals surface area contributed by atoms with Crippen LogP contribution < -0.4 is 5.32 Å². The molecule has 0 radical (unpaired) electrons. The maximum absolute atomic E-state index is 3.72. The molecule has 1 N–H and O–H groups in total. The van der Waals surface area contributed by atoms with Gasteiger partial charge in [0, 0.05) is 25.2 Å². The van der Waals surface area contributed by atoms with Crippen molar-refractivity contribution in [1.82, 2.24) is 10.2 Å². The molecule has 1 aliphatic carbocycles. The highest BCUT2D eigenvalue weighted by molar-refractivity contribution is 4.93. The molecule has 1 heterocycles. The van der Waals surface area contributed by atoms with E-state index in [-0.39, 0.29) is 0 Å². The van der Waals surface area contributed by atoms with Gasteiger partial charge in [0.25, 0.3) is 0 Å². The second-order valence-electron chi connectivity index (χ2n) is 5.73. The van der Waals surface area contributed by atoms with Gasteiger partial charge in [0.2, 0.25) is 0 Å². The van der Waals surface area contributed by atoms with Crippen molar-refractivity contribution in [2.24, 2.45) is 5.92 Å². The van der Waals surface area contributed by atoms with E-state index in [0.29, 0.717) is 0 Å². The molecule has 0 spiro atoms. The van der Waals surface area contributed by atoms with E-state index in [1.165, 1.54) is 58.2 Å². The van der Waals surface area contributed by atoms with E-state index in [0.717, 1.165) is 18.0 Å². The molecule has 2 nitrogen and oxygen atoms in total. The predicted molar refractivity (Wildman–Crippen MR) is 69.7 cm³/mol. The quantitative estimate of drug-likeness (QED) is 0.715. The lowest BCUT2D eigenvalue weighted by molar-refractivity contribution is 0.187. The molecule has 0 aromatic rings. The number of hydrogen-bond acceptors (Lipinski definition) is 2. The SMILES string of the molecule is CCCNC(CCC)CN1CC2CCC1C2. The van der Waals surface area contributed by atoms with Crippen LogP contribution in [0.3, 0.4) is 0 Å².